The third-order valence-corrected chi connectivity index (χ3v) is 4.80. The number of anilines is 1. The van der Waals surface area contributed by atoms with Crippen molar-refractivity contribution >= 4 is 52.2 Å². The van der Waals surface area contributed by atoms with Gasteiger partial charge in [0.05, 0.1) is 23.0 Å². The molecule has 3 rings (SSSR count). The number of rotatable bonds is 5. The summed E-state index contributed by atoms with van der Waals surface area (Å²) in [5.74, 6) is 2.51. The van der Waals surface area contributed by atoms with Gasteiger partial charge in [0.2, 0.25) is 0 Å². The van der Waals surface area contributed by atoms with Gasteiger partial charge in [0.15, 0.2) is 0 Å². The van der Waals surface area contributed by atoms with E-state index in [-0.39, 0.29) is 30.9 Å². The van der Waals surface area contributed by atoms with Crippen LogP contribution in [0.2, 0.25) is 0 Å². The van der Waals surface area contributed by atoms with Crippen LogP contribution in [0.1, 0.15) is 28.9 Å². The lowest BCUT2D eigenvalue weighted by molar-refractivity contribution is 0.518. The topological polar surface area (TPSA) is 77.0 Å². The first-order valence-corrected chi connectivity index (χ1v) is 8.14. The Bertz CT molecular complexity index is 787. The zero-order chi connectivity index (χ0) is 15.7. The SMILES string of the molecule is Cc1nc(NCc2ccco2)c2sc(C[C@H](C)N)c(C)c2n1.Cl.Cl. The van der Waals surface area contributed by atoms with E-state index < -0.39 is 0 Å². The molecule has 0 aliphatic carbocycles. The number of halogens is 2. The number of hydrogen-bond acceptors (Lipinski definition) is 6. The molecule has 0 bridgehead atoms. The molecule has 0 amide bonds. The Labute approximate surface area is 157 Å². The first-order valence-electron chi connectivity index (χ1n) is 7.33. The number of aryl methyl sites for hydroxylation is 2. The van der Waals surface area contributed by atoms with E-state index >= 15 is 0 Å². The summed E-state index contributed by atoms with van der Waals surface area (Å²) in [7, 11) is 0. The Balaban J connectivity index is 0.00000144. The predicted octanol–water partition coefficient (Wildman–Crippen LogP) is 4.25. The van der Waals surface area contributed by atoms with E-state index in [9.17, 15) is 0 Å². The molecule has 132 valence electrons. The van der Waals surface area contributed by atoms with E-state index in [0.29, 0.717) is 6.54 Å². The molecule has 0 unspecified atom stereocenters. The van der Waals surface area contributed by atoms with Gasteiger partial charge in [0.1, 0.15) is 17.4 Å². The highest BCUT2D eigenvalue weighted by molar-refractivity contribution is 7.19. The summed E-state index contributed by atoms with van der Waals surface area (Å²) in [6.45, 7) is 6.66. The van der Waals surface area contributed by atoms with E-state index in [1.165, 1.54) is 10.4 Å². The predicted molar refractivity (Wildman–Crippen MR) is 105 cm³/mol. The van der Waals surface area contributed by atoms with Gasteiger partial charge < -0.3 is 15.5 Å². The van der Waals surface area contributed by atoms with Crippen molar-refractivity contribution in [3.63, 3.8) is 0 Å². The molecule has 0 fully saturated rings. The molecule has 0 saturated heterocycles. The van der Waals surface area contributed by atoms with E-state index in [0.717, 1.165) is 34.0 Å². The minimum atomic E-state index is 0. The molecular formula is C16H22Cl2N4OS. The fourth-order valence-corrected chi connectivity index (χ4v) is 3.79. The van der Waals surface area contributed by atoms with Crippen molar-refractivity contribution in [2.24, 2.45) is 5.73 Å². The van der Waals surface area contributed by atoms with Crippen LogP contribution in [-0.4, -0.2) is 16.0 Å². The van der Waals surface area contributed by atoms with Gasteiger partial charge in [0.25, 0.3) is 0 Å². The molecule has 3 aromatic rings. The van der Waals surface area contributed by atoms with E-state index in [4.69, 9.17) is 10.2 Å². The lowest BCUT2D eigenvalue weighted by Gasteiger charge is -2.06. The van der Waals surface area contributed by atoms with Crippen LogP contribution in [0.3, 0.4) is 0 Å². The maximum Gasteiger partial charge on any atom is 0.148 e. The Morgan fingerprint density at radius 1 is 1.29 bits per heavy atom. The molecule has 3 heterocycles. The Kier molecular flexibility index (Phi) is 7.48. The fraction of sp³-hybridized carbons (Fsp3) is 0.375. The minimum absolute atomic E-state index is 0. The number of nitrogens with one attached hydrogen (secondary N) is 1. The third-order valence-electron chi connectivity index (χ3n) is 3.49. The minimum Gasteiger partial charge on any atom is -0.467 e. The highest BCUT2D eigenvalue weighted by Crippen LogP contribution is 2.34. The van der Waals surface area contributed by atoms with Crippen LogP contribution in [0.25, 0.3) is 10.2 Å². The summed E-state index contributed by atoms with van der Waals surface area (Å²) >= 11 is 1.73. The largest absolute Gasteiger partial charge is 0.467 e. The summed E-state index contributed by atoms with van der Waals surface area (Å²) in [6, 6.07) is 3.97. The Morgan fingerprint density at radius 2 is 2.04 bits per heavy atom. The van der Waals surface area contributed by atoms with E-state index in [1.54, 1.807) is 17.6 Å². The van der Waals surface area contributed by atoms with Crippen molar-refractivity contribution in [3.8, 4) is 0 Å². The summed E-state index contributed by atoms with van der Waals surface area (Å²) in [4.78, 5) is 10.4. The molecule has 0 aliphatic heterocycles. The number of fused-ring (bicyclic) bond motifs is 1. The number of aromatic nitrogens is 2. The van der Waals surface area contributed by atoms with Crippen molar-refractivity contribution in [2.45, 2.75) is 39.8 Å². The number of hydrogen-bond donors (Lipinski definition) is 2. The maximum absolute atomic E-state index is 5.95. The highest BCUT2D eigenvalue weighted by atomic mass is 35.5. The van der Waals surface area contributed by atoms with Crippen LogP contribution >= 0.6 is 36.2 Å². The molecule has 0 saturated carbocycles. The van der Waals surface area contributed by atoms with Crippen LogP contribution in [0.4, 0.5) is 5.82 Å². The van der Waals surface area contributed by atoms with Gasteiger partial charge in [-0.3, -0.25) is 0 Å². The quantitative estimate of drug-likeness (QED) is 0.682. The maximum atomic E-state index is 5.95. The Morgan fingerprint density at radius 3 is 2.67 bits per heavy atom. The number of nitrogens with zero attached hydrogens (tertiary/aromatic N) is 2. The average molecular weight is 389 g/mol. The van der Waals surface area contributed by atoms with Gasteiger partial charge in [-0.25, -0.2) is 9.97 Å². The molecule has 24 heavy (non-hydrogen) atoms. The molecule has 3 aromatic heterocycles. The van der Waals surface area contributed by atoms with Crippen LogP contribution in [-0.2, 0) is 13.0 Å². The molecule has 0 aromatic carbocycles. The highest BCUT2D eigenvalue weighted by Gasteiger charge is 2.16. The van der Waals surface area contributed by atoms with Gasteiger partial charge in [-0.15, -0.1) is 36.2 Å². The van der Waals surface area contributed by atoms with Crippen LogP contribution in [0.5, 0.6) is 0 Å². The summed E-state index contributed by atoms with van der Waals surface area (Å²) < 4.78 is 6.45. The zero-order valence-corrected chi connectivity index (χ0v) is 16.3. The molecule has 3 N–H and O–H groups in total. The van der Waals surface area contributed by atoms with E-state index in [1.807, 2.05) is 26.0 Å². The average Bonchev–Trinajstić information content (AvgIpc) is 3.07. The molecule has 0 aliphatic rings. The lowest BCUT2D eigenvalue weighted by atomic mass is 10.1. The van der Waals surface area contributed by atoms with E-state index in [2.05, 4.69) is 22.2 Å². The third kappa shape index (κ3) is 4.39. The normalized spacial score (nSPS) is 11.7. The summed E-state index contributed by atoms with van der Waals surface area (Å²) in [6.07, 6.45) is 2.54. The standard InChI is InChI=1S/C16H20N4OS.2ClH/c1-9(17)7-13-10(2)14-15(22-13)16(20-11(3)19-14)18-8-12-5-4-6-21-12;;/h4-6,9H,7-8,17H2,1-3H3,(H,18,19,20);2*1H/t9-;;/m0../s1. The summed E-state index contributed by atoms with van der Waals surface area (Å²) in [5, 5.41) is 3.36. The van der Waals surface area contributed by atoms with Crippen molar-refractivity contribution in [1.82, 2.24) is 9.97 Å². The second kappa shape index (κ2) is 8.67. The second-order valence-corrected chi connectivity index (χ2v) is 6.67. The van der Waals surface area contributed by atoms with Crippen LogP contribution < -0.4 is 11.1 Å². The van der Waals surface area contributed by atoms with Gasteiger partial charge >= 0.3 is 0 Å². The van der Waals surface area contributed by atoms with Crippen LogP contribution in [0.15, 0.2) is 22.8 Å². The molecule has 0 radical (unpaired) electrons. The number of furan rings is 1. The number of nitrogens with two attached hydrogens (primary N) is 1. The first kappa shape index (κ1) is 20.7. The van der Waals surface area contributed by atoms with Crippen molar-refractivity contribution < 1.29 is 4.42 Å². The smallest absolute Gasteiger partial charge is 0.148 e. The molecule has 5 nitrogen and oxygen atoms in total. The lowest BCUT2D eigenvalue weighted by Crippen LogP contribution is -2.17. The van der Waals surface area contributed by atoms with Gasteiger partial charge in [-0.1, -0.05) is 0 Å². The van der Waals surface area contributed by atoms with Crippen molar-refractivity contribution in [1.29, 1.82) is 0 Å². The van der Waals surface area contributed by atoms with Crippen LogP contribution in [0, 0.1) is 13.8 Å². The van der Waals surface area contributed by atoms with Gasteiger partial charge in [-0.2, -0.15) is 0 Å². The van der Waals surface area contributed by atoms with Gasteiger partial charge in [-0.05, 0) is 44.9 Å². The van der Waals surface area contributed by atoms with Crippen molar-refractivity contribution in [3.05, 3.63) is 40.4 Å². The molecule has 0 spiro atoms. The Hall–Kier alpha value is -1.34. The molecular weight excluding hydrogens is 367 g/mol. The summed E-state index contributed by atoms with van der Waals surface area (Å²) in [5.41, 5.74) is 8.18. The second-order valence-electron chi connectivity index (χ2n) is 5.56. The molecule has 1 atom stereocenters. The fourth-order valence-electron chi connectivity index (χ4n) is 2.44. The monoisotopic (exact) mass is 388 g/mol. The first-order chi connectivity index (χ1) is 10.5. The zero-order valence-electron chi connectivity index (χ0n) is 13.8. The molecule has 8 heteroatoms. The number of thiophene rings is 1. The van der Waals surface area contributed by atoms with Crippen molar-refractivity contribution in [2.75, 3.05) is 5.32 Å². The van der Waals surface area contributed by atoms with Gasteiger partial charge in [0, 0.05) is 10.9 Å².